The Balaban J connectivity index is 1.73. The largest absolute Gasteiger partial charge is 0.489 e. The Hall–Kier alpha value is -3.32. The molecule has 0 radical (unpaired) electrons. The third-order valence-corrected chi connectivity index (χ3v) is 4.08. The van der Waals surface area contributed by atoms with E-state index in [0.29, 0.717) is 5.75 Å². The molecule has 7 heteroatoms. The van der Waals surface area contributed by atoms with Crippen molar-refractivity contribution in [3.05, 3.63) is 65.4 Å². The Kier molecular flexibility index (Phi) is 4.90. The van der Waals surface area contributed by atoms with Crippen molar-refractivity contribution in [2.75, 3.05) is 0 Å². The van der Waals surface area contributed by atoms with E-state index in [9.17, 15) is 9.59 Å². The van der Waals surface area contributed by atoms with Crippen molar-refractivity contribution in [2.45, 2.75) is 19.1 Å². The van der Waals surface area contributed by atoms with E-state index in [2.05, 4.69) is 4.98 Å². The van der Waals surface area contributed by atoms with Crippen LogP contribution in [-0.2, 0) is 17.8 Å². The first kappa shape index (κ1) is 17.5. The fourth-order valence-electron chi connectivity index (χ4n) is 2.71. The predicted molar refractivity (Wildman–Crippen MR) is 95.3 cm³/mol. The minimum Gasteiger partial charge on any atom is -0.489 e. The summed E-state index contributed by atoms with van der Waals surface area (Å²) in [5.74, 6) is -1.40. The molecule has 1 aromatic heterocycles. The predicted octanol–water partition coefficient (Wildman–Crippen LogP) is 2.40. The zero-order valence-corrected chi connectivity index (χ0v) is 13.8. The van der Waals surface area contributed by atoms with Crippen LogP contribution in [0.3, 0.4) is 0 Å². The van der Waals surface area contributed by atoms with Crippen molar-refractivity contribution in [3.8, 4) is 5.75 Å². The molecule has 26 heavy (non-hydrogen) atoms. The number of hydrogen-bond acceptors (Lipinski definition) is 4. The number of carboxylic acids is 2. The van der Waals surface area contributed by atoms with Crippen molar-refractivity contribution in [1.29, 1.82) is 0 Å². The lowest BCUT2D eigenvalue weighted by atomic mass is 10.1. The van der Waals surface area contributed by atoms with Gasteiger partial charge in [0.05, 0.1) is 5.56 Å². The molecule has 0 fully saturated rings. The molecule has 134 valence electrons. The summed E-state index contributed by atoms with van der Waals surface area (Å²) in [5.41, 5.74) is 8.21. The lowest BCUT2D eigenvalue weighted by Gasteiger charge is -2.08. The van der Waals surface area contributed by atoms with Gasteiger partial charge >= 0.3 is 11.9 Å². The van der Waals surface area contributed by atoms with Crippen LogP contribution in [0.4, 0.5) is 0 Å². The number of aromatic amines is 1. The average Bonchev–Trinajstić information content (AvgIpc) is 3.02. The number of carbonyl (C=O) groups is 2. The van der Waals surface area contributed by atoms with Gasteiger partial charge in [-0.1, -0.05) is 12.1 Å². The molecule has 3 aromatic rings. The number of rotatable bonds is 7. The molecular formula is C19H18N2O5. The molecule has 0 saturated heterocycles. The van der Waals surface area contributed by atoms with Gasteiger partial charge in [-0.15, -0.1) is 0 Å². The smallest absolute Gasteiger partial charge is 0.335 e. The summed E-state index contributed by atoms with van der Waals surface area (Å²) < 4.78 is 5.73. The highest BCUT2D eigenvalue weighted by Gasteiger charge is 2.15. The molecule has 3 rings (SSSR count). The highest BCUT2D eigenvalue weighted by atomic mass is 16.5. The van der Waals surface area contributed by atoms with E-state index in [-0.39, 0.29) is 18.6 Å². The van der Waals surface area contributed by atoms with E-state index in [0.717, 1.165) is 22.0 Å². The summed E-state index contributed by atoms with van der Waals surface area (Å²) >= 11 is 0. The number of nitrogens with two attached hydrogens (primary N) is 1. The van der Waals surface area contributed by atoms with Gasteiger partial charge < -0.3 is 25.7 Å². The Labute approximate surface area is 149 Å². The van der Waals surface area contributed by atoms with Crippen molar-refractivity contribution in [3.63, 3.8) is 0 Å². The highest BCUT2D eigenvalue weighted by Crippen LogP contribution is 2.25. The van der Waals surface area contributed by atoms with E-state index in [1.807, 2.05) is 12.1 Å². The molecule has 0 aliphatic rings. The van der Waals surface area contributed by atoms with Gasteiger partial charge in [0.2, 0.25) is 0 Å². The summed E-state index contributed by atoms with van der Waals surface area (Å²) in [5, 5.41) is 18.8. The van der Waals surface area contributed by atoms with E-state index in [4.69, 9.17) is 20.7 Å². The number of nitrogens with one attached hydrogen (secondary N) is 1. The topological polar surface area (TPSA) is 126 Å². The maximum Gasteiger partial charge on any atom is 0.335 e. The van der Waals surface area contributed by atoms with Crippen molar-refractivity contribution >= 4 is 22.8 Å². The van der Waals surface area contributed by atoms with Gasteiger partial charge in [-0.3, -0.25) is 4.79 Å². The Morgan fingerprint density at radius 1 is 1.15 bits per heavy atom. The molecule has 1 heterocycles. The molecule has 5 N–H and O–H groups in total. The Morgan fingerprint density at radius 3 is 2.69 bits per heavy atom. The molecule has 1 atom stereocenters. The number of hydrogen-bond donors (Lipinski definition) is 4. The van der Waals surface area contributed by atoms with E-state index in [1.165, 1.54) is 6.07 Å². The fraction of sp³-hybridized carbons (Fsp3) is 0.158. The van der Waals surface area contributed by atoms with Gasteiger partial charge in [-0.2, -0.15) is 0 Å². The standard InChI is InChI=1S/C19H18N2O5/c20-16(19(24)25)7-13-9-21-17-8-14(4-5-15(13)17)26-10-11-2-1-3-12(6-11)18(22)23/h1-6,8-9,16,21H,7,10,20H2,(H,22,23)(H,24,25). The van der Waals surface area contributed by atoms with Gasteiger partial charge in [0, 0.05) is 29.6 Å². The summed E-state index contributed by atoms with van der Waals surface area (Å²) in [7, 11) is 0. The summed E-state index contributed by atoms with van der Waals surface area (Å²) in [4.78, 5) is 25.0. The molecule has 2 aromatic carbocycles. The first-order valence-corrected chi connectivity index (χ1v) is 7.97. The number of aliphatic carboxylic acids is 1. The van der Waals surface area contributed by atoms with Crippen LogP contribution in [0.15, 0.2) is 48.7 Å². The quantitative estimate of drug-likeness (QED) is 0.516. The van der Waals surface area contributed by atoms with Crippen LogP contribution < -0.4 is 10.5 Å². The normalized spacial score (nSPS) is 12.0. The van der Waals surface area contributed by atoms with Crippen molar-refractivity contribution in [1.82, 2.24) is 4.98 Å². The second-order valence-electron chi connectivity index (χ2n) is 5.96. The first-order chi connectivity index (χ1) is 12.4. The number of benzene rings is 2. The zero-order chi connectivity index (χ0) is 18.7. The van der Waals surface area contributed by atoms with Gasteiger partial charge in [-0.25, -0.2) is 4.79 Å². The van der Waals surface area contributed by atoms with Crippen LogP contribution in [0, 0.1) is 0 Å². The number of aromatic nitrogens is 1. The zero-order valence-electron chi connectivity index (χ0n) is 13.8. The number of carboxylic acid groups (broad SMARTS) is 2. The molecule has 0 bridgehead atoms. The highest BCUT2D eigenvalue weighted by molar-refractivity contribution is 5.87. The first-order valence-electron chi connectivity index (χ1n) is 7.97. The maximum atomic E-state index is 11.0. The molecular weight excluding hydrogens is 336 g/mol. The van der Waals surface area contributed by atoms with Gasteiger partial charge in [-0.05, 0) is 35.4 Å². The summed E-state index contributed by atoms with van der Waals surface area (Å²) in [6, 6.07) is 11.1. The SMILES string of the molecule is NC(Cc1c[nH]c2cc(OCc3cccc(C(=O)O)c3)ccc12)C(=O)O. The van der Waals surface area contributed by atoms with Gasteiger partial charge in [0.25, 0.3) is 0 Å². The third-order valence-electron chi connectivity index (χ3n) is 4.08. The molecule has 0 amide bonds. The average molecular weight is 354 g/mol. The van der Waals surface area contributed by atoms with E-state index >= 15 is 0 Å². The number of fused-ring (bicyclic) bond motifs is 1. The number of H-pyrrole nitrogens is 1. The fourth-order valence-corrected chi connectivity index (χ4v) is 2.71. The molecule has 1 unspecified atom stereocenters. The lowest BCUT2D eigenvalue weighted by molar-refractivity contribution is -0.138. The van der Waals surface area contributed by atoms with Crippen LogP contribution in [0.25, 0.3) is 10.9 Å². The van der Waals surface area contributed by atoms with Crippen molar-refractivity contribution in [2.24, 2.45) is 5.73 Å². The number of ether oxygens (including phenoxy) is 1. The monoisotopic (exact) mass is 354 g/mol. The molecule has 0 aliphatic heterocycles. The molecule has 0 aliphatic carbocycles. The van der Waals surface area contributed by atoms with Gasteiger partial charge in [0.1, 0.15) is 18.4 Å². The summed E-state index contributed by atoms with van der Waals surface area (Å²) in [6.07, 6.45) is 1.98. The van der Waals surface area contributed by atoms with Crippen molar-refractivity contribution < 1.29 is 24.5 Å². The minimum absolute atomic E-state index is 0.213. The molecule has 0 spiro atoms. The number of aromatic carboxylic acids is 1. The van der Waals surface area contributed by atoms with E-state index in [1.54, 1.807) is 30.5 Å². The molecule has 0 saturated carbocycles. The molecule has 7 nitrogen and oxygen atoms in total. The van der Waals surface area contributed by atoms with Crippen LogP contribution in [0.1, 0.15) is 21.5 Å². The van der Waals surface area contributed by atoms with Gasteiger partial charge in [0.15, 0.2) is 0 Å². The summed E-state index contributed by atoms with van der Waals surface area (Å²) in [6.45, 7) is 0.240. The van der Waals surface area contributed by atoms with E-state index < -0.39 is 18.0 Å². The third kappa shape index (κ3) is 3.84. The minimum atomic E-state index is -1.04. The lowest BCUT2D eigenvalue weighted by Crippen LogP contribution is -2.32. The van der Waals surface area contributed by atoms with Crippen LogP contribution in [0.2, 0.25) is 0 Å². The Morgan fingerprint density at radius 2 is 1.96 bits per heavy atom. The second kappa shape index (κ2) is 7.28. The Bertz CT molecular complexity index is 963. The maximum absolute atomic E-state index is 11.0. The van der Waals surface area contributed by atoms with Crippen LogP contribution in [0.5, 0.6) is 5.75 Å². The second-order valence-corrected chi connectivity index (χ2v) is 5.96. The van der Waals surface area contributed by atoms with Crippen LogP contribution >= 0.6 is 0 Å². The van der Waals surface area contributed by atoms with Crippen LogP contribution in [-0.4, -0.2) is 33.2 Å².